The van der Waals surface area contributed by atoms with Gasteiger partial charge >= 0.3 is 0 Å². The third-order valence-electron chi connectivity index (χ3n) is 6.04. The number of hydrogen-bond donors (Lipinski definition) is 1. The number of ketones is 1. The lowest BCUT2D eigenvalue weighted by atomic mass is 10.0. The molecular formula is C24H28N2O2. The molecule has 4 nitrogen and oxygen atoms in total. The van der Waals surface area contributed by atoms with E-state index in [9.17, 15) is 9.59 Å². The van der Waals surface area contributed by atoms with Crippen molar-refractivity contribution in [1.82, 2.24) is 10.2 Å². The van der Waals surface area contributed by atoms with Crippen LogP contribution in [0.4, 0.5) is 0 Å². The lowest BCUT2D eigenvalue weighted by molar-refractivity contribution is 0.0931. The molecule has 1 N–H and O–H groups in total. The normalized spacial score (nSPS) is 18.4. The Morgan fingerprint density at radius 1 is 0.929 bits per heavy atom. The molecule has 1 fully saturated rings. The molecule has 2 aromatic carbocycles. The molecule has 1 heterocycles. The summed E-state index contributed by atoms with van der Waals surface area (Å²) in [6, 6.07) is 16.2. The number of Topliss-reactive ketones (excluding diaryl/α,β-unsaturated/α-hetero) is 1. The van der Waals surface area contributed by atoms with E-state index < -0.39 is 0 Å². The van der Waals surface area contributed by atoms with Gasteiger partial charge in [-0.15, -0.1) is 0 Å². The van der Waals surface area contributed by atoms with Crippen molar-refractivity contribution in [1.29, 1.82) is 0 Å². The highest BCUT2D eigenvalue weighted by atomic mass is 16.1. The molecule has 2 aromatic rings. The van der Waals surface area contributed by atoms with Gasteiger partial charge in [-0.3, -0.25) is 14.5 Å². The Kier molecular flexibility index (Phi) is 5.87. The summed E-state index contributed by atoms with van der Waals surface area (Å²) in [5.74, 6) is 0.0821. The first-order chi connectivity index (χ1) is 13.7. The lowest BCUT2D eigenvalue weighted by Gasteiger charge is -2.31. The Labute approximate surface area is 166 Å². The molecule has 4 rings (SSSR count). The van der Waals surface area contributed by atoms with Crippen molar-refractivity contribution in [3.05, 3.63) is 70.8 Å². The van der Waals surface area contributed by atoms with Crippen LogP contribution in [0.3, 0.4) is 0 Å². The first-order valence-electron chi connectivity index (χ1n) is 10.5. The highest BCUT2D eigenvalue weighted by Crippen LogP contribution is 2.26. The second-order valence-electron chi connectivity index (χ2n) is 7.84. The minimum Gasteiger partial charge on any atom is -0.350 e. The molecule has 28 heavy (non-hydrogen) atoms. The summed E-state index contributed by atoms with van der Waals surface area (Å²) in [5, 5.41) is 3.17. The number of nitrogens with zero attached hydrogens (tertiary/aromatic N) is 1. The second-order valence-corrected chi connectivity index (χ2v) is 7.84. The molecule has 4 heteroatoms. The van der Waals surface area contributed by atoms with Gasteiger partial charge in [0, 0.05) is 24.1 Å². The Bertz CT molecular complexity index is 839. The zero-order chi connectivity index (χ0) is 19.3. The number of carbonyl (C=O) groups is 2. The molecule has 1 aliphatic heterocycles. The van der Waals surface area contributed by atoms with E-state index in [0.29, 0.717) is 24.9 Å². The van der Waals surface area contributed by atoms with Gasteiger partial charge in [0.1, 0.15) is 0 Å². The fourth-order valence-corrected chi connectivity index (χ4v) is 4.53. The fourth-order valence-electron chi connectivity index (χ4n) is 4.53. The maximum atomic E-state index is 13.0. The van der Waals surface area contributed by atoms with Crippen molar-refractivity contribution in [3.63, 3.8) is 0 Å². The van der Waals surface area contributed by atoms with E-state index in [0.717, 1.165) is 24.2 Å². The predicted octanol–water partition coefficient (Wildman–Crippen LogP) is 4.16. The Morgan fingerprint density at radius 2 is 1.68 bits per heavy atom. The summed E-state index contributed by atoms with van der Waals surface area (Å²) in [5.41, 5.74) is 3.54. The summed E-state index contributed by atoms with van der Waals surface area (Å²) in [4.78, 5) is 27.5. The van der Waals surface area contributed by atoms with Crippen molar-refractivity contribution in [2.24, 2.45) is 0 Å². The highest BCUT2D eigenvalue weighted by molar-refractivity contribution is 6.05. The summed E-state index contributed by atoms with van der Waals surface area (Å²) >= 11 is 0. The highest BCUT2D eigenvalue weighted by Gasteiger charge is 2.26. The topological polar surface area (TPSA) is 49.4 Å². The average Bonchev–Trinajstić information content (AvgIpc) is 2.93. The molecule has 0 saturated carbocycles. The molecule has 0 bridgehead atoms. The number of carbonyl (C=O) groups excluding carboxylic acids is 2. The zero-order valence-electron chi connectivity index (χ0n) is 16.3. The molecule has 0 radical (unpaired) electrons. The number of fused-ring (bicyclic) bond motifs is 1. The maximum Gasteiger partial charge on any atom is 0.251 e. The van der Waals surface area contributed by atoms with E-state index in [-0.39, 0.29) is 17.7 Å². The largest absolute Gasteiger partial charge is 0.350 e. The third-order valence-corrected chi connectivity index (χ3v) is 6.04. The van der Waals surface area contributed by atoms with Crippen LogP contribution in [0.25, 0.3) is 0 Å². The Balaban J connectivity index is 1.51. The van der Waals surface area contributed by atoms with Gasteiger partial charge in [0.15, 0.2) is 5.78 Å². The van der Waals surface area contributed by atoms with E-state index >= 15 is 0 Å². The minimum atomic E-state index is -0.0673. The van der Waals surface area contributed by atoms with Crippen molar-refractivity contribution >= 4 is 11.7 Å². The van der Waals surface area contributed by atoms with Gasteiger partial charge in [0.05, 0.1) is 6.04 Å². The van der Waals surface area contributed by atoms with Crippen molar-refractivity contribution < 1.29 is 9.59 Å². The first kappa shape index (κ1) is 18.9. The molecule has 0 spiro atoms. The summed E-state index contributed by atoms with van der Waals surface area (Å²) in [6.07, 6.45) is 6.19. The van der Waals surface area contributed by atoms with E-state index in [1.54, 1.807) is 0 Å². The van der Waals surface area contributed by atoms with Crippen molar-refractivity contribution in [3.8, 4) is 0 Å². The van der Waals surface area contributed by atoms with Gasteiger partial charge in [-0.1, -0.05) is 55.3 Å². The smallest absolute Gasteiger partial charge is 0.251 e. The number of benzene rings is 2. The number of nitrogens with one attached hydrogen (secondary N) is 1. The molecule has 1 saturated heterocycles. The standard InChI is InChI=1S/C24H28N2O2/c27-23-14-13-19-20(23)11-8-12-21(19)24(28)25-17-22(18-9-4-3-5-10-18)26-15-6-1-2-7-16-26/h3-5,8-12,22H,1-2,6-7,13-17H2,(H,25,28)/t22-/m0/s1. The van der Waals surface area contributed by atoms with Gasteiger partial charge in [-0.25, -0.2) is 0 Å². The number of likely N-dealkylation sites (tertiary alicyclic amines) is 1. The molecule has 2 aliphatic rings. The summed E-state index contributed by atoms with van der Waals surface area (Å²) < 4.78 is 0. The first-order valence-corrected chi connectivity index (χ1v) is 10.5. The number of hydrogen-bond acceptors (Lipinski definition) is 3. The van der Waals surface area contributed by atoms with Crippen LogP contribution in [-0.2, 0) is 6.42 Å². The summed E-state index contributed by atoms with van der Waals surface area (Å²) in [6.45, 7) is 2.73. The lowest BCUT2D eigenvalue weighted by Crippen LogP contribution is -2.39. The predicted molar refractivity (Wildman–Crippen MR) is 111 cm³/mol. The average molecular weight is 377 g/mol. The number of amides is 1. The van der Waals surface area contributed by atoms with Gasteiger partial charge in [-0.05, 0) is 49.5 Å². The van der Waals surface area contributed by atoms with Crippen LogP contribution in [0.15, 0.2) is 48.5 Å². The summed E-state index contributed by atoms with van der Waals surface area (Å²) in [7, 11) is 0. The van der Waals surface area contributed by atoms with Gasteiger partial charge < -0.3 is 5.32 Å². The van der Waals surface area contributed by atoms with E-state index in [1.807, 2.05) is 24.3 Å². The number of rotatable bonds is 5. The van der Waals surface area contributed by atoms with Crippen LogP contribution in [0, 0.1) is 0 Å². The van der Waals surface area contributed by atoms with E-state index in [2.05, 4.69) is 34.5 Å². The van der Waals surface area contributed by atoms with Crippen LogP contribution in [-0.4, -0.2) is 36.2 Å². The monoisotopic (exact) mass is 376 g/mol. The van der Waals surface area contributed by atoms with Gasteiger partial charge in [0.2, 0.25) is 0 Å². The van der Waals surface area contributed by atoms with Crippen LogP contribution in [0.1, 0.15) is 70.0 Å². The van der Waals surface area contributed by atoms with E-state index in [4.69, 9.17) is 0 Å². The van der Waals surface area contributed by atoms with Gasteiger partial charge in [0.25, 0.3) is 5.91 Å². The SMILES string of the molecule is O=C1CCc2c1cccc2C(=O)NC[C@@H](c1ccccc1)N1CCCCCC1. The molecule has 0 unspecified atom stereocenters. The quantitative estimate of drug-likeness (QED) is 0.852. The van der Waals surface area contributed by atoms with Crippen LogP contribution >= 0.6 is 0 Å². The van der Waals surface area contributed by atoms with Crippen molar-refractivity contribution in [2.45, 2.75) is 44.6 Å². The van der Waals surface area contributed by atoms with Crippen LogP contribution in [0.5, 0.6) is 0 Å². The molecule has 1 atom stereocenters. The van der Waals surface area contributed by atoms with E-state index in [1.165, 1.54) is 31.2 Å². The molecule has 1 amide bonds. The minimum absolute atomic E-state index is 0.0673. The van der Waals surface area contributed by atoms with Gasteiger partial charge in [-0.2, -0.15) is 0 Å². The Hall–Kier alpha value is -2.46. The Morgan fingerprint density at radius 3 is 2.43 bits per heavy atom. The molecule has 146 valence electrons. The fraction of sp³-hybridized carbons (Fsp3) is 0.417. The third kappa shape index (κ3) is 4.02. The van der Waals surface area contributed by atoms with Crippen molar-refractivity contribution in [2.75, 3.05) is 19.6 Å². The second kappa shape index (κ2) is 8.70. The molecule has 1 aliphatic carbocycles. The molecular weight excluding hydrogens is 348 g/mol. The maximum absolute atomic E-state index is 13.0. The van der Waals surface area contributed by atoms with Crippen LogP contribution < -0.4 is 5.32 Å². The van der Waals surface area contributed by atoms with Crippen LogP contribution in [0.2, 0.25) is 0 Å². The zero-order valence-corrected chi connectivity index (χ0v) is 16.3. The molecule has 0 aromatic heterocycles.